The summed E-state index contributed by atoms with van der Waals surface area (Å²) in [5.74, 6) is 0.893. The number of halogens is 1. The van der Waals surface area contributed by atoms with E-state index in [0.717, 1.165) is 23.4 Å². The minimum atomic E-state index is 0.172. The second-order valence-corrected chi connectivity index (χ2v) is 5.39. The Balaban J connectivity index is 2.25. The lowest BCUT2D eigenvalue weighted by Crippen LogP contribution is -2.19. The van der Waals surface area contributed by atoms with Crippen molar-refractivity contribution in [3.05, 3.63) is 46.2 Å². The Morgan fingerprint density at radius 3 is 2.76 bits per heavy atom. The Morgan fingerprint density at radius 2 is 2.19 bits per heavy atom. The van der Waals surface area contributed by atoms with Crippen LogP contribution in [0.15, 0.2) is 24.3 Å². The van der Waals surface area contributed by atoms with Gasteiger partial charge in [-0.05, 0) is 45.0 Å². The van der Waals surface area contributed by atoms with Gasteiger partial charge in [0.05, 0.1) is 12.3 Å². The summed E-state index contributed by atoms with van der Waals surface area (Å²) in [4.78, 5) is 0. The van der Waals surface area contributed by atoms with Crippen LogP contribution in [-0.4, -0.2) is 23.4 Å². The molecule has 5 heteroatoms. The zero-order valence-electron chi connectivity index (χ0n) is 13.0. The molecule has 0 radical (unpaired) electrons. The van der Waals surface area contributed by atoms with Crippen molar-refractivity contribution < 1.29 is 4.74 Å². The van der Waals surface area contributed by atoms with Gasteiger partial charge < -0.3 is 10.1 Å². The second-order valence-electron chi connectivity index (χ2n) is 5.03. The van der Waals surface area contributed by atoms with E-state index in [4.69, 9.17) is 16.3 Å². The molecule has 2 rings (SSSR count). The van der Waals surface area contributed by atoms with Gasteiger partial charge in [0.15, 0.2) is 0 Å². The molecule has 0 aliphatic rings. The first-order valence-electron chi connectivity index (χ1n) is 7.14. The van der Waals surface area contributed by atoms with Crippen molar-refractivity contribution in [2.45, 2.75) is 26.3 Å². The first-order chi connectivity index (χ1) is 10.1. The normalized spacial score (nSPS) is 12.4. The van der Waals surface area contributed by atoms with Crippen molar-refractivity contribution in [3.8, 4) is 5.75 Å². The summed E-state index contributed by atoms with van der Waals surface area (Å²) < 4.78 is 7.29. The van der Waals surface area contributed by atoms with E-state index in [0.29, 0.717) is 11.8 Å². The zero-order chi connectivity index (χ0) is 15.4. The molecule has 0 aliphatic carbocycles. The third-order valence-electron chi connectivity index (χ3n) is 3.60. The monoisotopic (exact) mass is 307 g/mol. The Hall–Kier alpha value is -1.52. The summed E-state index contributed by atoms with van der Waals surface area (Å²) >= 11 is 6.33. The lowest BCUT2D eigenvalue weighted by atomic mass is 9.99. The zero-order valence-corrected chi connectivity index (χ0v) is 13.7. The molecule has 4 nitrogen and oxygen atoms in total. The number of likely N-dealkylation sites (N-methyl/N-ethyl adjacent to an activating group) is 1. The highest BCUT2D eigenvalue weighted by molar-refractivity contribution is 6.30. The van der Waals surface area contributed by atoms with Gasteiger partial charge in [-0.1, -0.05) is 23.7 Å². The number of aryl methyl sites for hydroxylation is 2. The van der Waals surface area contributed by atoms with Crippen LogP contribution in [0.25, 0.3) is 0 Å². The maximum Gasteiger partial charge on any atom is 0.130 e. The number of nitrogens with one attached hydrogen (secondary N) is 1. The first kappa shape index (κ1) is 15.9. The fraction of sp³-hybridized carbons (Fsp3) is 0.438. The number of ether oxygens (including phenoxy) is 1. The minimum absolute atomic E-state index is 0.172. The SMILES string of the molecule is CCOc1cccc(C(Cc2c(C)nn(C)c2Cl)NC)c1. The van der Waals surface area contributed by atoms with Crippen LogP contribution in [0.1, 0.15) is 29.8 Å². The molecule has 21 heavy (non-hydrogen) atoms. The highest BCUT2D eigenvalue weighted by Crippen LogP contribution is 2.27. The van der Waals surface area contributed by atoms with Crippen molar-refractivity contribution >= 4 is 11.6 Å². The van der Waals surface area contributed by atoms with Crippen molar-refractivity contribution in [2.24, 2.45) is 7.05 Å². The van der Waals surface area contributed by atoms with Crippen LogP contribution in [0, 0.1) is 6.92 Å². The number of hydrogen-bond donors (Lipinski definition) is 1. The second kappa shape index (κ2) is 6.96. The molecule has 0 fully saturated rings. The van der Waals surface area contributed by atoms with Crippen molar-refractivity contribution in [1.29, 1.82) is 0 Å². The average molecular weight is 308 g/mol. The van der Waals surface area contributed by atoms with Gasteiger partial charge in [0, 0.05) is 18.7 Å². The maximum atomic E-state index is 6.33. The van der Waals surface area contributed by atoms with Gasteiger partial charge >= 0.3 is 0 Å². The van der Waals surface area contributed by atoms with Crippen LogP contribution in [0.4, 0.5) is 0 Å². The van der Waals surface area contributed by atoms with Gasteiger partial charge in [-0.15, -0.1) is 0 Å². The van der Waals surface area contributed by atoms with Crippen LogP contribution in [0.3, 0.4) is 0 Å². The number of aromatic nitrogens is 2. The van der Waals surface area contributed by atoms with Gasteiger partial charge in [-0.3, -0.25) is 4.68 Å². The van der Waals surface area contributed by atoms with Crippen LogP contribution in [-0.2, 0) is 13.5 Å². The van der Waals surface area contributed by atoms with E-state index in [1.54, 1.807) is 4.68 Å². The van der Waals surface area contributed by atoms with E-state index in [1.165, 1.54) is 5.56 Å². The molecule has 2 aromatic rings. The van der Waals surface area contributed by atoms with Crippen LogP contribution < -0.4 is 10.1 Å². The van der Waals surface area contributed by atoms with Gasteiger partial charge in [0.25, 0.3) is 0 Å². The number of nitrogens with zero attached hydrogens (tertiary/aromatic N) is 2. The molecule has 0 saturated heterocycles. The lowest BCUT2D eigenvalue weighted by Gasteiger charge is -2.17. The molecule has 1 N–H and O–H groups in total. The van der Waals surface area contributed by atoms with Gasteiger partial charge in [-0.2, -0.15) is 5.10 Å². The molecule has 1 unspecified atom stereocenters. The van der Waals surface area contributed by atoms with E-state index in [1.807, 2.05) is 40.1 Å². The van der Waals surface area contributed by atoms with Crippen molar-refractivity contribution in [1.82, 2.24) is 15.1 Å². The Morgan fingerprint density at radius 1 is 1.43 bits per heavy atom. The molecule has 0 aliphatic heterocycles. The molecule has 0 spiro atoms. The fourth-order valence-corrected chi connectivity index (χ4v) is 2.74. The highest BCUT2D eigenvalue weighted by atomic mass is 35.5. The summed E-state index contributed by atoms with van der Waals surface area (Å²) in [5.41, 5.74) is 3.24. The first-order valence-corrected chi connectivity index (χ1v) is 7.52. The van der Waals surface area contributed by atoms with E-state index in [-0.39, 0.29) is 6.04 Å². The quantitative estimate of drug-likeness (QED) is 0.890. The predicted octanol–water partition coefficient (Wildman–Crippen LogP) is 3.28. The van der Waals surface area contributed by atoms with E-state index < -0.39 is 0 Å². The largest absolute Gasteiger partial charge is 0.494 e. The standard InChI is InChI=1S/C16H22ClN3O/c1-5-21-13-8-6-7-12(9-13)15(18-3)10-14-11(2)19-20(4)16(14)17/h6-9,15,18H,5,10H2,1-4H3. The summed E-state index contributed by atoms with van der Waals surface area (Å²) in [5, 5.41) is 8.42. The predicted molar refractivity (Wildman–Crippen MR) is 86.1 cm³/mol. The number of hydrogen-bond acceptors (Lipinski definition) is 3. The molecule has 1 aromatic heterocycles. The third kappa shape index (κ3) is 3.57. The molecule has 1 heterocycles. The summed E-state index contributed by atoms with van der Waals surface area (Å²) in [6.07, 6.45) is 0.796. The van der Waals surface area contributed by atoms with Crippen LogP contribution >= 0.6 is 11.6 Å². The van der Waals surface area contributed by atoms with E-state index in [2.05, 4.69) is 22.5 Å². The van der Waals surface area contributed by atoms with Crippen molar-refractivity contribution in [2.75, 3.05) is 13.7 Å². The lowest BCUT2D eigenvalue weighted by molar-refractivity contribution is 0.339. The fourth-order valence-electron chi connectivity index (χ4n) is 2.48. The summed E-state index contributed by atoms with van der Waals surface area (Å²) in [6.45, 7) is 4.65. The third-order valence-corrected chi connectivity index (χ3v) is 4.07. The molecule has 0 amide bonds. The number of benzene rings is 1. The summed E-state index contributed by atoms with van der Waals surface area (Å²) in [6, 6.07) is 8.34. The Bertz CT molecular complexity index is 610. The molecule has 114 valence electrons. The van der Waals surface area contributed by atoms with Crippen molar-refractivity contribution in [3.63, 3.8) is 0 Å². The van der Waals surface area contributed by atoms with E-state index >= 15 is 0 Å². The molecule has 1 atom stereocenters. The molecule has 1 aromatic carbocycles. The smallest absolute Gasteiger partial charge is 0.130 e. The highest BCUT2D eigenvalue weighted by Gasteiger charge is 2.17. The van der Waals surface area contributed by atoms with E-state index in [9.17, 15) is 0 Å². The van der Waals surface area contributed by atoms with Gasteiger partial charge in [0.2, 0.25) is 0 Å². The Labute approximate surface area is 131 Å². The van der Waals surface area contributed by atoms with Gasteiger partial charge in [0.1, 0.15) is 10.9 Å². The van der Waals surface area contributed by atoms with Gasteiger partial charge in [-0.25, -0.2) is 0 Å². The maximum absolute atomic E-state index is 6.33. The average Bonchev–Trinajstić information content (AvgIpc) is 2.71. The Kier molecular flexibility index (Phi) is 5.26. The molecule has 0 bridgehead atoms. The van der Waals surface area contributed by atoms with Crippen LogP contribution in [0.5, 0.6) is 5.75 Å². The molecular weight excluding hydrogens is 286 g/mol. The molecular formula is C16H22ClN3O. The topological polar surface area (TPSA) is 39.1 Å². The molecule has 0 saturated carbocycles. The minimum Gasteiger partial charge on any atom is -0.494 e. The van der Waals surface area contributed by atoms with Crippen LogP contribution in [0.2, 0.25) is 5.15 Å². The summed E-state index contributed by atoms with van der Waals surface area (Å²) in [7, 11) is 3.82. The number of rotatable bonds is 6.